The maximum atomic E-state index is 5.65. The van der Waals surface area contributed by atoms with Crippen molar-refractivity contribution >= 4 is 0 Å². The van der Waals surface area contributed by atoms with Gasteiger partial charge in [0.2, 0.25) is 0 Å². The Labute approximate surface area is 104 Å². The average molecular weight is 236 g/mol. The van der Waals surface area contributed by atoms with Crippen LogP contribution in [0.1, 0.15) is 51.9 Å². The van der Waals surface area contributed by atoms with Gasteiger partial charge in [-0.2, -0.15) is 0 Å². The minimum Gasteiger partial charge on any atom is -0.370 e. The summed E-state index contributed by atoms with van der Waals surface area (Å²) in [5, 5.41) is 0. The predicted molar refractivity (Wildman–Crippen MR) is 65.8 cm³/mol. The highest BCUT2D eigenvalue weighted by Crippen LogP contribution is 2.46. The van der Waals surface area contributed by atoms with Crippen LogP contribution in [0.5, 0.6) is 0 Å². The smallest absolute Gasteiger partial charge is 0.0844 e. The molecule has 7 unspecified atom stereocenters. The van der Waals surface area contributed by atoms with Crippen LogP contribution in [0.25, 0.3) is 0 Å². The van der Waals surface area contributed by atoms with E-state index in [2.05, 4.69) is 6.92 Å². The molecule has 2 nitrogen and oxygen atoms in total. The zero-order valence-electron chi connectivity index (χ0n) is 10.8. The first kappa shape index (κ1) is 10.8. The molecular weight excluding hydrogens is 212 g/mol. The second-order valence-corrected chi connectivity index (χ2v) is 6.89. The highest BCUT2D eigenvalue weighted by atomic mass is 16.6. The van der Waals surface area contributed by atoms with Crippen molar-refractivity contribution in [1.29, 1.82) is 0 Å². The highest BCUT2D eigenvalue weighted by Gasteiger charge is 2.46. The van der Waals surface area contributed by atoms with Crippen molar-refractivity contribution in [2.24, 2.45) is 17.8 Å². The van der Waals surface area contributed by atoms with E-state index in [9.17, 15) is 0 Å². The Morgan fingerprint density at radius 1 is 0.882 bits per heavy atom. The number of fused-ring (bicyclic) bond motifs is 2. The Bertz CT molecular complexity index is 303. The van der Waals surface area contributed by atoms with Gasteiger partial charge in [0, 0.05) is 0 Å². The lowest BCUT2D eigenvalue weighted by Crippen LogP contribution is -2.24. The van der Waals surface area contributed by atoms with Crippen LogP contribution in [-0.2, 0) is 9.47 Å². The summed E-state index contributed by atoms with van der Waals surface area (Å²) >= 11 is 0. The van der Waals surface area contributed by atoms with Gasteiger partial charge in [-0.25, -0.2) is 0 Å². The fraction of sp³-hybridized carbons (Fsp3) is 1.00. The van der Waals surface area contributed by atoms with E-state index in [0.717, 1.165) is 17.8 Å². The number of ether oxygens (including phenoxy) is 2. The highest BCUT2D eigenvalue weighted by molar-refractivity contribution is 4.95. The molecule has 0 bridgehead atoms. The molecular formula is C15H24O2. The third kappa shape index (κ3) is 2.15. The van der Waals surface area contributed by atoms with Gasteiger partial charge in [-0.15, -0.1) is 0 Å². The predicted octanol–water partition coefficient (Wildman–Crippen LogP) is 3.15. The molecule has 2 heteroatoms. The standard InChI is InChI=1S/C15H24O2/c1-9(11-3-5-13-15(8-11)17-13)6-10-2-4-12-14(7-10)16-12/h9-15H,2-8H2,1H3. The van der Waals surface area contributed by atoms with E-state index in [0.29, 0.717) is 24.4 Å². The summed E-state index contributed by atoms with van der Waals surface area (Å²) in [4.78, 5) is 0. The zero-order valence-corrected chi connectivity index (χ0v) is 10.8. The second kappa shape index (κ2) is 3.96. The summed E-state index contributed by atoms with van der Waals surface area (Å²) in [5.74, 6) is 2.80. The average Bonchev–Trinajstić information content (AvgIpc) is 3.22. The van der Waals surface area contributed by atoms with Crippen LogP contribution in [0.4, 0.5) is 0 Å². The maximum absolute atomic E-state index is 5.65. The number of epoxide rings is 2. The molecule has 7 atom stereocenters. The quantitative estimate of drug-likeness (QED) is 0.703. The van der Waals surface area contributed by atoms with Crippen LogP contribution in [0, 0.1) is 17.8 Å². The molecule has 0 aromatic carbocycles. The molecule has 2 heterocycles. The van der Waals surface area contributed by atoms with Gasteiger partial charge in [0.15, 0.2) is 0 Å². The fourth-order valence-corrected chi connectivity index (χ4v) is 4.37. The lowest BCUT2D eigenvalue weighted by molar-refractivity contribution is 0.217. The summed E-state index contributed by atoms with van der Waals surface area (Å²) < 4.78 is 11.3. The second-order valence-electron chi connectivity index (χ2n) is 6.89. The maximum Gasteiger partial charge on any atom is 0.0844 e. The van der Waals surface area contributed by atoms with Crippen molar-refractivity contribution in [2.75, 3.05) is 0 Å². The molecule has 0 radical (unpaired) electrons. The molecule has 17 heavy (non-hydrogen) atoms. The molecule has 0 amide bonds. The third-order valence-corrected chi connectivity index (χ3v) is 5.67. The van der Waals surface area contributed by atoms with Gasteiger partial charge in [0.05, 0.1) is 24.4 Å². The topological polar surface area (TPSA) is 25.1 Å². The molecule has 4 rings (SSSR count). The Hall–Kier alpha value is -0.0800. The Morgan fingerprint density at radius 3 is 2.29 bits per heavy atom. The van der Waals surface area contributed by atoms with Crippen molar-refractivity contribution in [3.05, 3.63) is 0 Å². The van der Waals surface area contributed by atoms with Crippen molar-refractivity contribution < 1.29 is 9.47 Å². The van der Waals surface area contributed by atoms with Crippen molar-refractivity contribution in [3.63, 3.8) is 0 Å². The summed E-state index contributed by atoms with van der Waals surface area (Å²) in [6, 6.07) is 0. The first-order valence-electron chi connectivity index (χ1n) is 7.60. The Balaban J connectivity index is 1.29. The number of hydrogen-bond donors (Lipinski definition) is 0. The van der Waals surface area contributed by atoms with Gasteiger partial charge in [0.25, 0.3) is 0 Å². The van der Waals surface area contributed by atoms with Crippen LogP contribution in [-0.4, -0.2) is 24.4 Å². The van der Waals surface area contributed by atoms with Crippen LogP contribution in [0.15, 0.2) is 0 Å². The van der Waals surface area contributed by atoms with Crippen LogP contribution < -0.4 is 0 Å². The molecule has 0 N–H and O–H groups in total. The van der Waals surface area contributed by atoms with E-state index in [4.69, 9.17) is 9.47 Å². The molecule has 0 spiro atoms. The molecule has 2 saturated carbocycles. The molecule has 2 aliphatic carbocycles. The van der Waals surface area contributed by atoms with Gasteiger partial charge in [-0.3, -0.25) is 0 Å². The number of hydrogen-bond acceptors (Lipinski definition) is 2. The van der Waals surface area contributed by atoms with Crippen molar-refractivity contribution in [3.8, 4) is 0 Å². The third-order valence-electron chi connectivity index (χ3n) is 5.67. The first-order valence-corrected chi connectivity index (χ1v) is 7.60. The van der Waals surface area contributed by atoms with Gasteiger partial charge in [0.1, 0.15) is 0 Å². The van der Waals surface area contributed by atoms with E-state index < -0.39 is 0 Å². The Morgan fingerprint density at radius 2 is 1.59 bits per heavy atom. The van der Waals surface area contributed by atoms with Crippen molar-refractivity contribution in [2.45, 2.75) is 76.3 Å². The van der Waals surface area contributed by atoms with E-state index in [-0.39, 0.29) is 0 Å². The van der Waals surface area contributed by atoms with E-state index in [1.54, 1.807) is 0 Å². The van der Waals surface area contributed by atoms with Gasteiger partial charge in [-0.1, -0.05) is 6.92 Å². The van der Waals surface area contributed by atoms with Gasteiger partial charge in [-0.05, 0) is 62.7 Å². The summed E-state index contributed by atoms with van der Waals surface area (Å²) in [6.07, 6.45) is 12.3. The minimum atomic E-state index is 0.652. The van der Waals surface area contributed by atoms with E-state index in [1.807, 2.05) is 0 Å². The lowest BCUT2D eigenvalue weighted by atomic mass is 9.74. The largest absolute Gasteiger partial charge is 0.370 e. The summed E-state index contributed by atoms with van der Waals surface area (Å²) in [7, 11) is 0. The van der Waals surface area contributed by atoms with E-state index >= 15 is 0 Å². The van der Waals surface area contributed by atoms with Gasteiger partial charge < -0.3 is 9.47 Å². The first-order chi connectivity index (χ1) is 8.29. The normalized spacial score (nSPS) is 53.5. The molecule has 4 aliphatic rings. The Kier molecular flexibility index (Phi) is 2.52. The monoisotopic (exact) mass is 236 g/mol. The molecule has 0 aromatic rings. The summed E-state index contributed by atoms with van der Waals surface area (Å²) in [6.45, 7) is 2.48. The van der Waals surface area contributed by atoms with E-state index in [1.165, 1.54) is 44.9 Å². The molecule has 2 saturated heterocycles. The van der Waals surface area contributed by atoms with Gasteiger partial charge >= 0.3 is 0 Å². The zero-order chi connectivity index (χ0) is 11.4. The van der Waals surface area contributed by atoms with Crippen LogP contribution in [0.3, 0.4) is 0 Å². The molecule has 96 valence electrons. The SMILES string of the molecule is CC(CC1CCC2OC2C1)C1CCC2OC2C1. The molecule has 0 aromatic heterocycles. The van der Waals surface area contributed by atoms with Crippen LogP contribution >= 0.6 is 0 Å². The minimum absolute atomic E-state index is 0.652. The molecule has 2 aliphatic heterocycles. The van der Waals surface area contributed by atoms with Crippen molar-refractivity contribution in [1.82, 2.24) is 0 Å². The fourth-order valence-electron chi connectivity index (χ4n) is 4.37. The summed E-state index contributed by atoms with van der Waals surface area (Å²) in [5.41, 5.74) is 0. The molecule has 4 fully saturated rings. The lowest BCUT2D eigenvalue weighted by Gasteiger charge is -2.29. The number of rotatable bonds is 3. The van der Waals surface area contributed by atoms with Crippen LogP contribution in [0.2, 0.25) is 0 Å².